The highest BCUT2D eigenvalue weighted by molar-refractivity contribution is 14.1. The topological polar surface area (TPSA) is 38.9 Å². The van der Waals surface area contributed by atoms with E-state index in [0.29, 0.717) is 11.8 Å². The number of alkyl halides is 1. The highest BCUT2D eigenvalue weighted by atomic mass is 127. The number of hydrogen-bond donors (Lipinski definition) is 0. The number of halogens is 2. The molecule has 0 aliphatic carbocycles. The Hall–Kier alpha value is -0.140. The van der Waals surface area contributed by atoms with Crippen molar-refractivity contribution in [3.8, 4) is 10.8 Å². The third-order valence-electron chi connectivity index (χ3n) is 1.59. The average Bonchev–Trinajstić information content (AvgIpc) is 2.71. The minimum atomic E-state index is -0.242. The Kier molecular flexibility index (Phi) is 3.08. The first-order chi connectivity index (χ1) is 6.68. The second-order valence-corrected chi connectivity index (χ2v) is 5.39. The van der Waals surface area contributed by atoms with Gasteiger partial charge in [0.05, 0.1) is 0 Å². The molecule has 1 unspecified atom stereocenters. The van der Waals surface area contributed by atoms with Crippen molar-refractivity contribution in [2.24, 2.45) is 0 Å². The third kappa shape index (κ3) is 1.94. The van der Waals surface area contributed by atoms with E-state index in [4.69, 9.17) is 16.0 Å². The summed E-state index contributed by atoms with van der Waals surface area (Å²) in [5.41, 5.74) is 0. The van der Waals surface area contributed by atoms with Crippen LogP contribution in [0.15, 0.2) is 15.9 Å². The van der Waals surface area contributed by atoms with Gasteiger partial charge in [0.1, 0.15) is 10.3 Å². The van der Waals surface area contributed by atoms with Crippen LogP contribution < -0.4 is 0 Å². The van der Waals surface area contributed by atoms with Crippen LogP contribution in [0.3, 0.4) is 0 Å². The maximum absolute atomic E-state index is 5.82. The molecule has 2 heterocycles. The molecule has 0 N–H and O–H groups in total. The molecule has 0 aliphatic rings. The molecule has 0 spiro atoms. The summed E-state index contributed by atoms with van der Waals surface area (Å²) in [7, 11) is 0. The maximum atomic E-state index is 5.82. The SMILES string of the molecule is CC(Cl)c1nnc(-c2sccc2I)o1. The molecule has 0 amide bonds. The van der Waals surface area contributed by atoms with Crippen LogP contribution in [0, 0.1) is 3.57 Å². The van der Waals surface area contributed by atoms with Gasteiger partial charge in [-0.2, -0.15) is 0 Å². The molecule has 0 fully saturated rings. The summed E-state index contributed by atoms with van der Waals surface area (Å²) >= 11 is 9.64. The van der Waals surface area contributed by atoms with Crippen molar-refractivity contribution in [3.05, 3.63) is 20.9 Å². The van der Waals surface area contributed by atoms with E-state index >= 15 is 0 Å². The lowest BCUT2D eigenvalue weighted by atomic mass is 10.5. The highest BCUT2D eigenvalue weighted by Crippen LogP contribution is 2.31. The first-order valence-electron chi connectivity index (χ1n) is 3.89. The van der Waals surface area contributed by atoms with Crippen LogP contribution in [0.25, 0.3) is 10.8 Å². The van der Waals surface area contributed by atoms with Gasteiger partial charge in [0, 0.05) is 3.57 Å². The van der Waals surface area contributed by atoms with Gasteiger partial charge in [0.15, 0.2) is 0 Å². The predicted molar refractivity (Wildman–Crippen MR) is 64.6 cm³/mol. The molecule has 0 saturated carbocycles. The Morgan fingerprint density at radius 1 is 1.57 bits per heavy atom. The largest absolute Gasteiger partial charge is 0.418 e. The molecule has 0 bridgehead atoms. The van der Waals surface area contributed by atoms with E-state index in [1.807, 2.05) is 11.4 Å². The van der Waals surface area contributed by atoms with E-state index in [2.05, 4.69) is 32.8 Å². The van der Waals surface area contributed by atoms with Crippen LogP contribution in [-0.4, -0.2) is 10.2 Å². The molecule has 0 radical (unpaired) electrons. The lowest BCUT2D eigenvalue weighted by Gasteiger charge is -1.92. The van der Waals surface area contributed by atoms with Crippen molar-refractivity contribution < 1.29 is 4.42 Å². The van der Waals surface area contributed by atoms with Crippen molar-refractivity contribution in [3.63, 3.8) is 0 Å². The smallest absolute Gasteiger partial charge is 0.258 e. The molecule has 0 aliphatic heterocycles. The van der Waals surface area contributed by atoms with Gasteiger partial charge in [-0.25, -0.2) is 0 Å². The number of nitrogens with zero attached hydrogens (tertiary/aromatic N) is 2. The van der Waals surface area contributed by atoms with Gasteiger partial charge >= 0.3 is 0 Å². The first kappa shape index (κ1) is 10.4. The van der Waals surface area contributed by atoms with Crippen LogP contribution in [-0.2, 0) is 0 Å². The quantitative estimate of drug-likeness (QED) is 0.618. The Morgan fingerprint density at radius 3 is 2.86 bits per heavy atom. The molecule has 14 heavy (non-hydrogen) atoms. The number of hydrogen-bond acceptors (Lipinski definition) is 4. The van der Waals surface area contributed by atoms with Gasteiger partial charge in [-0.15, -0.1) is 33.1 Å². The summed E-state index contributed by atoms with van der Waals surface area (Å²) in [5, 5.41) is 9.56. The molecule has 1 atom stereocenters. The molecule has 6 heteroatoms. The molecule has 0 saturated heterocycles. The number of aromatic nitrogens is 2. The van der Waals surface area contributed by atoms with Crippen LogP contribution in [0.1, 0.15) is 18.2 Å². The van der Waals surface area contributed by atoms with Gasteiger partial charge in [-0.1, -0.05) is 0 Å². The fourth-order valence-electron chi connectivity index (χ4n) is 0.933. The van der Waals surface area contributed by atoms with Crippen molar-refractivity contribution >= 4 is 45.5 Å². The van der Waals surface area contributed by atoms with Crippen molar-refractivity contribution in [1.29, 1.82) is 0 Å². The molecule has 2 aromatic heterocycles. The van der Waals surface area contributed by atoms with E-state index in [-0.39, 0.29) is 5.38 Å². The average molecular weight is 341 g/mol. The van der Waals surface area contributed by atoms with Gasteiger partial charge in [-0.05, 0) is 41.0 Å². The van der Waals surface area contributed by atoms with Crippen LogP contribution in [0.4, 0.5) is 0 Å². The van der Waals surface area contributed by atoms with Gasteiger partial charge in [-0.3, -0.25) is 0 Å². The lowest BCUT2D eigenvalue weighted by Crippen LogP contribution is -1.81. The van der Waals surface area contributed by atoms with E-state index < -0.39 is 0 Å². The Bertz CT molecular complexity index is 440. The lowest BCUT2D eigenvalue weighted by molar-refractivity contribution is 0.508. The van der Waals surface area contributed by atoms with E-state index in [9.17, 15) is 0 Å². The first-order valence-corrected chi connectivity index (χ1v) is 6.29. The zero-order chi connectivity index (χ0) is 10.1. The normalized spacial score (nSPS) is 13.1. The second-order valence-electron chi connectivity index (χ2n) is 2.66. The van der Waals surface area contributed by atoms with Crippen LogP contribution >= 0.6 is 45.5 Å². The molecule has 2 rings (SSSR count). The molecular formula is C8H6ClIN2OS. The molecule has 3 nitrogen and oxygen atoms in total. The summed E-state index contributed by atoms with van der Waals surface area (Å²) in [4.78, 5) is 1.00. The molecule has 0 aromatic carbocycles. The molecule has 74 valence electrons. The summed E-state index contributed by atoms with van der Waals surface area (Å²) in [5.74, 6) is 1.01. The van der Waals surface area contributed by atoms with E-state index in [0.717, 1.165) is 8.45 Å². The summed E-state index contributed by atoms with van der Waals surface area (Å²) in [6.07, 6.45) is 0. The molecular weight excluding hydrogens is 335 g/mol. The standard InChI is InChI=1S/C8H6ClIN2OS/c1-4(9)7-11-12-8(13-7)6-5(10)2-3-14-6/h2-4H,1H3. The third-order valence-corrected chi connectivity index (χ3v) is 3.95. The van der Waals surface area contributed by atoms with Crippen molar-refractivity contribution in [2.45, 2.75) is 12.3 Å². The van der Waals surface area contributed by atoms with E-state index in [1.54, 1.807) is 18.3 Å². The zero-order valence-corrected chi connectivity index (χ0v) is 10.9. The Morgan fingerprint density at radius 2 is 2.36 bits per heavy atom. The summed E-state index contributed by atoms with van der Waals surface area (Å²) < 4.78 is 6.54. The number of thiophene rings is 1. The Balaban J connectivity index is 2.39. The number of rotatable bonds is 2. The van der Waals surface area contributed by atoms with Crippen molar-refractivity contribution in [2.75, 3.05) is 0 Å². The van der Waals surface area contributed by atoms with Crippen LogP contribution in [0.5, 0.6) is 0 Å². The Labute approximate surface area is 104 Å². The van der Waals surface area contributed by atoms with Gasteiger partial charge in [0.25, 0.3) is 5.89 Å². The van der Waals surface area contributed by atoms with Gasteiger partial charge < -0.3 is 4.42 Å². The summed E-state index contributed by atoms with van der Waals surface area (Å²) in [6, 6.07) is 2.01. The fraction of sp³-hybridized carbons (Fsp3) is 0.250. The monoisotopic (exact) mass is 340 g/mol. The fourth-order valence-corrected chi connectivity index (χ4v) is 2.76. The molecule has 2 aromatic rings. The maximum Gasteiger partial charge on any atom is 0.258 e. The minimum absolute atomic E-state index is 0.242. The van der Waals surface area contributed by atoms with Crippen molar-refractivity contribution in [1.82, 2.24) is 10.2 Å². The van der Waals surface area contributed by atoms with E-state index in [1.165, 1.54) is 0 Å². The van der Waals surface area contributed by atoms with Gasteiger partial charge in [0.2, 0.25) is 5.89 Å². The summed E-state index contributed by atoms with van der Waals surface area (Å²) in [6.45, 7) is 1.80. The second kappa shape index (κ2) is 4.16. The zero-order valence-electron chi connectivity index (χ0n) is 7.20. The minimum Gasteiger partial charge on any atom is -0.418 e. The van der Waals surface area contributed by atoms with Crippen LogP contribution in [0.2, 0.25) is 0 Å². The highest BCUT2D eigenvalue weighted by Gasteiger charge is 2.15. The predicted octanol–water partition coefficient (Wildman–Crippen LogP) is 3.70.